The van der Waals surface area contributed by atoms with E-state index in [9.17, 15) is 8.78 Å². The van der Waals surface area contributed by atoms with Crippen molar-refractivity contribution >= 4 is 0 Å². The van der Waals surface area contributed by atoms with Gasteiger partial charge in [0.1, 0.15) is 0 Å². The summed E-state index contributed by atoms with van der Waals surface area (Å²) in [4.78, 5) is 7.23. The van der Waals surface area contributed by atoms with Crippen molar-refractivity contribution in [3.05, 3.63) is 29.3 Å². The molecule has 0 aromatic heterocycles. The van der Waals surface area contributed by atoms with Crippen LogP contribution < -0.4 is 4.74 Å². The number of piperidine rings is 1. The molecule has 0 radical (unpaired) electrons. The highest BCUT2D eigenvalue weighted by Crippen LogP contribution is 2.27. The minimum atomic E-state index is -0.886. The molecule has 0 amide bonds. The van der Waals surface area contributed by atoms with Gasteiger partial charge in [0.15, 0.2) is 11.6 Å². The average Bonchev–Trinajstić information content (AvgIpc) is 2.66. The molecule has 4 nitrogen and oxygen atoms in total. The topological polar surface area (TPSA) is 19.0 Å². The second kappa shape index (κ2) is 8.63. The molecule has 0 saturated carbocycles. The van der Waals surface area contributed by atoms with E-state index in [1.165, 1.54) is 13.2 Å². The molecule has 2 saturated heterocycles. The Labute approximate surface area is 155 Å². The van der Waals surface area contributed by atoms with E-state index in [-0.39, 0.29) is 5.75 Å². The lowest BCUT2D eigenvalue weighted by atomic mass is 9.89. The van der Waals surface area contributed by atoms with Crippen LogP contribution in [-0.4, -0.2) is 74.2 Å². The Hall–Kier alpha value is -1.24. The molecule has 146 valence electrons. The van der Waals surface area contributed by atoms with Crippen LogP contribution in [-0.2, 0) is 6.54 Å². The number of hydrogen-bond donors (Lipinski definition) is 0. The molecule has 2 aliphatic rings. The largest absolute Gasteiger partial charge is 0.494 e. The van der Waals surface area contributed by atoms with Crippen molar-refractivity contribution in [2.45, 2.75) is 32.4 Å². The molecule has 1 aromatic carbocycles. The summed E-state index contributed by atoms with van der Waals surface area (Å²) in [6, 6.07) is 3.74. The fourth-order valence-corrected chi connectivity index (χ4v) is 4.21. The minimum absolute atomic E-state index is 0.0361. The predicted octanol–water partition coefficient (Wildman–Crippen LogP) is 2.82. The highest BCUT2D eigenvalue weighted by atomic mass is 19.2. The van der Waals surface area contributed by atoms with Crippen LogP contribution in [0.3, 0.4) is 0 Å². The number of likely N-dealkylation sites (tertiary alicyclic amines) is 1. The van der Waals surface area contributed by atoms with E-state index in [0.29, 0.717) is 24.1 Å². The van der Waals surface area contributed by atoms with Crippen LogP contribution in [0.2, 0.25) is 0 Å². The van der Waals surface area contributed by atoms with Crippen LogP contribution in [0.4, 0.5) is 8.78 Å². The highest BCUT2D eigenvalue weighted by Gasteiger charge is 2.29. The third-order valence-electron chi connectivity index (χ3n) is 6.17. The zero-order valence-corrected chi connectivity index (χ0v) is 16.2. The molecule has 3 rings (SSSR count). The zero-order chi connectivity index (χ0) is 18.7. The van der Waals surface area contributed by atoms with Crippen molar-refractivity contribution in [1.82, 2.24) is 14.7 Å². The predicted molar refractivity (Wildman–Crippen MR) is 99.4 cm³/mol. The summed E-state index contributed by atoms with van der Waals surface area (Å²) in [5.74, 6) is -1.01. The molecule has 26 heavy (non-hydrogen) atoms. The second-order valence-corrected chi connectivity index (χ2v) is 7.75. The number of rotatable bonds is 5. The van der Waals surface area contributed by atoms with Gasteiger partial charge in [-0.15, -0.1) is 0 Å². The smallest absolute Gasteiger partial charge is 0.200 e. The van der Waals surface area contributed by atoms with Gasteiger partial charge in [-0.25, -0.2) is 4.39 Å². The molecule has 1 aromatic rings. The van der Waals surface area contributed by atoms with Gasteiger partial charge in [-0.3, -0.25) is 9.80 Å². The molecule has 0 spiro atoms. The number of likely N-dealkylation sites (N-methyl/N-ethyl adjacent to an activating group) is 1. The average molecular weight is 367 g/mol. The van der Waals surface area contributed by atoms with Gasteiger partial charge in [0.25, 0.3) is 0 Å². The summed E-state index contributed by atoms with van der Waals surface area (Å²) in [5.41, 5.74) is 0.411. The van der Waals surface area contributed by atoms with Crippen LogP contribution in [0, 0.1) is 17.6 Å². The molecule has 2 heterocycles. The normalized spacial score (nSPS) is 22.5. The first-order valence-electron chi connectivity index (χ1n) is 9.65. The Balaban J connectivity index is 1.52. The number of hydrogen-bond acceptors (Lipinski definition) is 4. The summed E-state index contributed by atoms with van der Waals surface area (Å²) < 4.78 is 32.9. The number of piperazine rings is 1. The van der Waals surface area contributed by atoms with Crippen molar-refractivity contribution in [3.63, 3.8) is 0 Å². The van der Waals surface area contributed by atoms with Crippen LogP contribution in [0.1, 0.15) is 25.3 Å². The van der Waals surface area contributed by atoms with Gasteiger partial charge in [-0.05, 0) is 51.9 Å². The number of halogens is 2. The summed E-state index contributed by atoms with van der Waals surface area (Å²) in [6.45, 7) is 9.28. The number of methoxy groups -OCH3 is 1. The summed E-state index contributed by atoms with van der Waals surface area (Å²) >= 11 is 0. The second-order valence-electron chi connectivity index (χ2n) is 7.75. The zero-order valence-electron chi connectivity index (χ0n) is 16.2. The summed E-state index contributed by atoms with van der Waals surface area (Å²) in [6.07, 6.45) is 2.24. The van der Waals surface area contributed by atoms with E-state index >= 15 is 0 Å². The third-order valence-corrected chi connectivity index (χ3v) is 6.17. The van der Waals surface area contributed by atoms with Gasteiger partial charge in [-0.1, -0.05) is 6.07 Å². The van der Waals surface area contributed by atoms with Gasteiger partial charge in [0.05, 0.1) is 7.11 Å². The molecule has 2 aliphatic heterocycles. The first-order chi connectivity index (χ1) is 12.5. The molecule has 0 N–H and O–H groups in total. The molecular weight excluding hydrogens is 336 g/mol. The lowest BCUT2D eigenvalue weighted by molar-refractivity contribution is 0.0596. The first kappa shape index (κ1) is 19.5. The van der Waals surface area contributed by atoms with E-state index in [1.807, 2.05) is 0 Å². The lowest BCUT2D eigenvalue weighted by Gasteiger charge is -2.42. The maximum absolute atomic E-state index is 14.2. The molecule has 2 fully saturated rings. The van der Waals surface area contributed by atoms with Gasteiger partial charge in [0, 0.05) is 44.3 Å². The van der Waals surface area contributed by atoms with Crippen molar-refractivity contribution in [3.8, 4) is 5.75 Å². The first-order valence-corrected chi connectivity index (χ1v) is 9.65. The maximum Gasteiger partial charge on any atom is 0.200 e. The van der Waals surface area contributed by atoms with E-state index in [2.05, 4.69) is 28.7 Å². The van der Waals surface area contributed by atoms with E-state index in [0.717, 1.165) is 52.1 Å². The highest BCUT2D eigenvalue weighted by molar-refractivity contribution is 5.31. The monoisotopic (exact) mass is 367 g/mol. The Morgan fingerprint density at radius 1 is 1.04 bits per heavy atom. The number of benzene rings is 1. The lowest BCUT2D eigenvalue weighted by Crippen LogP contribution is -2.51. The molecule has 0 aliphatic carbocycles. The Kier molecular flexibility index (Phi) is 6.48. The summed E-state index contributed by atoms with van der Waals surface area (Å²) in [7, 11) is 3.53. The number of ether oxygens (including phenoxy) is 1. The molecule has 0 bridgehead atoms. The fraction of sp³-hybridized carbons (Fsp3) is 0.700. The maximum atomic E-state index is 14.2. The Morgan fingerprint density at radius 2 is 1.69 bits per heavy atom. The summed E-state index contributed by atoms with van der Waals surface area (Å²) in [5, 5.41) is 0. The fourth-order valence-electron chi connectivity index (χ4n) is 4.21. The number of nitrogens with zero attached hydrogens (tertiary/aromatic N) is 3. The van der Waals surface area contributed by atoms with E-state index in [1.54, 1.807) is 6.07 Å². The molecule has 6 heteroatoms. The quantitative estimate of drug-likeness (QED) is 0.797. The van der Waals surface area contributed by atoms with Crippen molar-refractivity contribution in [2.75, 3.05) is 53.4 Å². The molecule has 1 unspecified atom stereocenters. The molecule has 1 atom stereocenters. The van der Waals surface area contributed by atoms with E-state index < -0.39 is 11.6 Å². The van der Waals surface area contributed by atoms with Gasteiger partial charge < -0.3 is 9.64 Å². The Morgan fingerprint density at radius 3 is 2.31 bits per heavy atom. The van der Waals surface area contributed by atoms with Gasteiger partial charge >= 0.3 is 0 Å². The molecular formula is C20H31F2N3O. The van der Waals surface area contributed by atoms with Crippen LogP contribution >= 0.6 is 0 Å². The van der Waals surface area contributed by atoms with Gasteiger partial charge in [-0.2, -0.15) is 4.39 Å². The van der Waals surface area contributed by atoms with Crippen molar-refractivity contribution in [2.24, 2.45) is 5.92 Å². The Bertz CT molecular complexity index is 597. The van der Waals surface area contributed by atoms with Crippen LogP contribution in [0.15, 0.2) is 12.1 Å². The standard InChI is InChI=1S/C20H31F2N3O/c1-15(25-12-10-23(2)11-13-25)16-6-8-24(9-7-16)14-17-4-5-18(26-3)20(22)19(17)21/h4-5,15-16H,6-14H2,1-3H3. The van der Waals surface area contributed by atoms with Gasteiger partial charge in [0.2, 0.25) is 5.82 Å². The SMILES string of the molecule is COc1ccc(CN2CCC(C(C)N3CCN(C)CC3)CC2)c(F)c1F. The minimum Gasteiger partial charge on any atom is -0.494 e. The van der Waals surface area contributed by atoms with Crippen LogP contribution in [0.25, 0.3) is 0 Å². The van der Waals surface area contributed by atoms with Crippen LogP contribution in [0.5, 0.6) is 5.75 Å². The van der Waals surface area contributed by atoms with Crippen molar-refractivity contribution < 1.29 is 13.5 Å². The third kappa shape index (κ3) is 4.35. The van der Waals surface area contributed by atoms with E-state index in [4.69, 9.17) is 4.74 Å². The van der Waals surface area contributed by atoms with Crippen molar-refractivity contribution in [1.29, 1.82) is 0 Å².